The number of aryl methyl sites for hydroxylation is 1. The van der Waals surface area contributed by atoms with Crippen molar-refractivity contribution in [3.8, 4) is 5.75 Å². The minimum atomic E-state index is -0.285. The van der Waals surface area contributed by atoms with E-state index in [1.54, 1.807) is 24.3 Å². The van der Waals surface area contributed by atoms with Crippen LogP contribution in [0.25, 0.3) is 0 Å². The van der Waals surface area contributed by atoms with Gasteiger partial charge in [0.05, 0.1) is 11.2 Å². The van der Waals surface area contributed by atoms with Crippen LogP contribution >= 0.6 is 11.6 Å². The maximum Gasteiger partial charge on any atom is 0.265 e. The molecule has 0 bridgehead atoms. The number of hydrogen-bond donors (Lipinski definition) is 1. The number of ether oxygens (including phenoxy) is 1. The van der Waals surface area contributed by atoms with Crippen LogP contribution in [-0.4, -0.2) is 25.3 Å². The van der Waals surface area contributed by atoms with Gasteiger partial charge >= 0.3 is 0 Å². The summed E-state index contributed by atoms with van der Waals surface area (Å²) in [5.41, 5.74) is 2.57. The van der Waals surface area contributed by atoms with Crippen LogP contribution in [0.2, 0.25) is 5.02 Å². The van der Waals surface area contributed by atoms with E-state index in [1.165, 1.54) is 6.21 Å². The predicted octanol–water partition coefficient (Wildman–Crippen LogP) is 4.20. The van der Waals surface area contributed by atoms with Crippen molar-refractivity contribution in [1.29, 1.82) is 0 Å². The molecule has 0 aromatic heterocycles. The fourth-order valence-electron chi connectivity index (χ4n) is 1.89. The van der Waals surface area contributed by atoms with Gasteiger partial charge in [0, 0.05) is 5.69 Å². The highest BCUT2D eigenvalue weighted by Crippen LogP contribution is 2.24. The summed E-state index contributed by atoms with van der Waals surface area (Å²) in [4.78, 5) is 16.8. The zero-order valence-electron chi connectivity index (χ0n) is 13.9. The molecule has 25 heavy (non-hydrogen) atoms. The molecule has 0 saturated carbocycles. The molecular weight excluding hydrogens is 340 g/mol. The van der Waals surface area contributed by atoms with Gasteiger partial charge in [-0.3, -0.25) is 4.79 Å². The molecule has 0 fully saturated rings. The lowest BCUT2D eigenvalue weighted by Gasteiger charge is -2.06. The summed E-state index contributed by atoms with van der Waals surface area (Å²) >= 11 is 6.10. The average molecular weight is 359 g/mol. The van der Waals surface area contributed by atoms with E-state index in [0.29, 0.717) is 23.1 Å². The second-order valence-corrected chi connectivity index (χ2v) is 5.62. The maximum atomic E-state index is 11.8. The highest BCUT2D eigenvalue weighted by atomic mass is 35.5. The predicted molar refractivity (Wildman–Crippen MR) is 100 cm³/mol. The number of nitrogens with one attached hydrogen (secondary N) is 1. The lowest BCUT2D eigenvalue weighted by atomic mass is 10.2. The third-order valence-electron chi connectivity index (χ3n) is 3.12. The van der Waals surface area contributed by atoms with Crippen molar-refractivity contribution in [2.75, 3.05) is 18.5 Å². The summed E-state index contributed by atoms with van der Waals surface area (Å²) in [6, 6.07) is 12.7. The first kappa shape index (κ1) is 18.5. The Bertz CT molecular complexity index is 758. The van der Waals surface area contributed by atoms with E-state index in [4.69, 9.17) is 21.2 Å². The molecule has 0 aliphatic heterocycles. The molecule has 5 nitrogen and oxygen atoms in total. The second-order valence-electron chi connectivity index (χ2n) is 5.21. The van der Waals surface area contributed by atoms with Crippen LogP contribution in [0.5, 0.6) is 5.75 Å². The number of nitrogens with zero attached hydrogens (tertiary/aromatic N) is 1. The molecule has 0 aliphatic rings. The topological polar surface area (TPSA) is 59.9 Å². The van der Waals surface area contributed by atoms with Crippen molar-refractivity contribution < 1.29 is 14.4 Å². The molecule has 1 amide bonds. The molecule has 6 heteroatoms. The molecular formula is C19H19ClN2O3. The number of rotatable bonds is 8. The Labute approximate surface area is 151 Å². The summed E-state index contributed by atoms with van der Waals surface area (Å²) in [7, 11) is 0. The van der Waals surface area contributed by atoms with Gasteiger partial charge in [0.2, 0.25) is 0 Å². The van der Waals surface area contributed by atoms with Crippen molar-refractivity contribution in [3.05, 3.63) is 71.3 Å². The number of carbonyl (C=O) groups is 1. The first-order chi connectivity index (χ1) is 12.1. The summed E-state index contributed by atoms with van der Waals surface area (Å²) in [6.07, 6.45) is 3.11. The van der Waals surface area contributed by atoms with Crippen molar-refractivity contribution in [2.45, 2.75) is 6.92 Å². The van der Waals surface area contributed by atoms with Gasteiger partial charge in [0.25, 0.3) is 5.91 Å². The minimum absolute atomic E-state index is 0.182. The summed E-state index contributed by atoms with van der Waals surface area (Å²) < 4.78 is 5.38. The molecule has 0 atom stereocenters. The van der Waals surface area contributed by atoms with Crippen molar-refractivity contribution >= 4 is 29.4 Å². The number of oxime groups is 1. The molecule has 0 saturated heterocycles. The molecule has 0 radical (unpaired) electrons. The highest BCUT2D eigenvalue weighted by Gasteiger charge is 2.03. The van der Waals surface area contributed by atoms with Crippen LogP contribution in [0.1, 0.15) is 11.1 Å². The Morgan fingerprint density at radius 3 is 2.72 bits per heavy atom. The maximum absolute atomic E-state index is 11.8. The lowest BCUT2D eigenvalue weighted by Crippen LogP contribution is -2.16. The number of benzene rings is 2. The van der Waals surface area contributed by atoms with E-state index in [-0.39, 0.29) is 12.5 Å². The molecule has 2 rings (SSSR count). The normalized spacial score (nSPS) is 10.5. The van der Waals surface area contributed by atoms with Crippen molar-refractivity contribution in [1.82, 2.24) is 0 Å². The van der Waals surface area contributed by atoms with Crippen LogP contribution < -0.4 is 10.1 Å². The zero-order chi connectivity index (χ0) is 18.1. The molecule has 0 heterocycles. The van der Waals surface area contributed by atoms with Crippen LogP contribution in [0, 0.1) is 6.92 Å². The van der Waals surface area contributed by atoms with Crippen molar-refractivity contribution in [2.24, 2.45) is 5.16 Å². The molecule has 1 N–H and O–H groups in total. The number of halogens is 1. The van der Waals surface area contributed by atoms with E-state index in [9.17, 15) is 4.79 Å². The van der Waals surface area contributed by atoms with Crippen LogP contribution in [0.15, 0.2) is 60.3 Å². The van der Waals surface area contributed by atoms with Crippen LogP contribution in [-0.2, 0) is 9.63 Å². The van der Waals surface area contributed by atoms with Gasteiger partial charge in [0.15, 0.2) is 6.61 Å². The fourth-order valence-corrected chi connectivity index (χ4v) is 2.13. The SMILES string of the molecule is C=CCOc1ccc(/C=N/OCC(=O)Nc2ccc(C)cc2)cc1Cl. The minimum Gasteiger partial charge on any atom is -0.488 e. The summed E-state index contributed by atoms with van der Waals surface area (Å²) in [5.74, 6) is 0.282. The Balaban J connectivity index is 1.80. The third kappa shape index (κ3) is 6.31. The largest absolute Gasteiger partial charge is 0.488 e. The zero-order valence-corrected chi connectivity index (χ0v) is 14.6. The van der Waals surface area contributed by atoms with E-state index in [0.717, 1.165) is 11.1 Å². The van der Waals surface area contributed by atoms with Crippen molar-refractivity contribution in [3.63, 3.8) is 0 Å². The standard InChI is InChI=1S/C19H19ClN2O3/c1-3-10-24-18-9-6-15(11-17(18)20)12-21-25-13-19(23)22-16-7-4-14(2)5-8-16/h3-9,11-12H,1,10,13H2,2H3,(H,22,23)/b21-12+. The number of amides is 1. The van der Waals surface area contributed by atoms with Gasteiger partial charge in [-0.2, -0.15) is 0 Å². The monoisotopic (exact) mass is 358 g/mol. The number of hydrogen-bond acceptors (Lipinski definition) is 4. The lowest BCUT2D eigenvalue weighted by molar-refractivity contribution is -0.120. The average Bonchev–Trinajstić information content (AvgIpc) is 2.60. The second kappa shape index (κ2) is 9.49. The van der Waals surface area contributed by atoms with Gasteiger partial charge in [-0.25, -0.2) is 0 Å². The molecule has 0 spiro atoms. The van der Waals surface area contributed by atoms with Gasteiger partial charge in [-0.05, 0) is 42.8 Å². The smallest absolute Gasteiger partial charge is 0.265 e. The third-order valence-corrected chi connectivity index (χ3v) is 3.42. The Morgan fingerprint density at radius 1 is 1.28 bits per heavy atom. The Kier molecular flexibility index (Phi) is 7.04. The van der Waals surface area contributed by atoms with E-state index >= 15 is 0 Å². The summed E-state index contributed by atoms with van der Waals surface area (Å²) in [6.45, 7) is 5.76. The Hall–Kier alpha value is -2.79. The van der Waals surface area contributed by atoms with E-state index in [2.05, 4.69) is 17.1 Å². The first-order valence-corrected chi connectivity index (χ1v) is 8.01. The van der Waals surface area contributed by atoms with Gasteiger partial charge in [0.1, 0.15) is 12.4 Å². The summed E-state index contributed by atoms with van der Waals surface area (Å²) in [5, 5.41) is 6.95. The van der Waals surface area contributed by atoms with E-state index < -0.39 is 0 Å². The Morgan fingerprint density at radius 2 is 2.04 bits per heavy atom. The van der Waals surface area contributed by atoms with Gasteiger partial charge in [-0.15, -0.1) is 0 Å². The fraction of sp³-hybridized carbons (Fsp3) is 0.158. The van der Waals surface area contributed by atoms with Gasteiger partial charge in [-0.1, -0.05) is 47.1 Å². The first-order valence-electron chi connectivity index (χ1n) is 7.63. The number of carbonyl (C=O) groups excluding carboxylic acids is 1. The quantitative estimate of drug-likeness (QED) is 0.437. The molecule has 0 unspecified atom stereocenters. The molecule has 0 aliphatic carbocycles. The van der Waals surface area contributed by atoms with E-state index in [1.807, 2.05) is 31.2 Å². The molecule has 2 aromatic rings. The molecule has 130 valence electrons. The molecule has 2 aromatic carbocycles. The van der Waals surface area contributed by atoms with Crippen LogP contribution in [0.3, 0.4) is 0 Å². The van der Waals surface area contributed by atoms with Gasteiger partial charge < -0.3 is 14.9 Å². The van der Waals surface area contributed by atoms with Crippen LogP contribution in [0.4, 0.5) is 5.69 Å². The number of anilines is 1. The highest BCUT2D eigenvalue weighted by molar-refractivity contribution is 6.32.